The number of phenolic OH excluding ortho intramolecular Hbond substituents is 1. The molecule has 2 aliphatic rings. The lowest BCUT2D eigenvalue weighted by Gasteiger charge is -2.52. The van der Waals surface area contributed by atoms with Gasteiger partial charge in [0.1, 0.15) is 23.8 Å². The molecule has 2 heterocycles. The molecule has 2 saturated heterocycles. The van der Waals surface area contributed by atoms with E-state index in [-0.39, 0.29) is 55.5 Å². The fourth-order valence-electron chi connectivity index (χ4n) is 5.48. The molecule has 1 unspecified atom stereocenters. The quantitative estimate of drug-likeness (QED) is 0.373. The Labute approximate surface area is 250 Å². The van der Waals surface area contributed by atoms with Crippen LogP contribution in [0, 0.1) is 5.82 Å². The molecule has 3 aromatic rings. The van der Waals surface area contributed by atoms with Crippen molar-refractivity contribution in [1.29, 1.82) is 0 Å². The number of nitrogens with zero attached hydrogens (tertiary/aromatic N) is 4. The highest BCUT2D eigenvalue weighted by Gasteiger charge is 2.49. The zero-order valence-electron chi connectivity index (χ0n) is 24.5. The van der Waals surface area contributed by atoms with Crippen LogP contribution in [0.5, 0.6) is 5.75 Å². The number of fused-ring (bicyclic) bond motifs is 1. The van der Waals surface area contributed by atoms with E-state index in [1.807, 2.05) is 56.1 Å². The van der Waals surface area contributed by atoms with Gasteiger partial charge < -0.3 is 25.1 Å². The summed E-state index contributed by atoms with van der Waals surface area (Å²) in [5, 5.41) is 14.1. The molecule has 3 N–H and O–H groups in total. The van der Waals surface area contributed by atoms with Gasteiger partial charge in [-0.15, -0.1) is 0 Å². The minimum atomic E-state index is -0.888. The molecule has 0 aromatic heterocycles. The number of rotatable bonds is 8. The van der Waals surface area contributed by atoms with E-state index in [0.29, 0.717) is 12.2 Å². The van der Waals surface area contributed by atoms with Gasteiger partial charge in [0.2, 0.25) is 11.8 Å². The van der Waals surface area contributed by atoms with E-state index in [1.54, 1.807) is 29.2 Å². The lowest BCUT2D eigenvalue weighted by Crippen LogP contribution is -2.76. The lowest BCUT2D eigenvalue weighted by molar-refractivity contribution is -0.170. The van der Waals surface area contributed by atoms with Crippen LogP contribution in [0.3, 0.4) is 0 Å². The summed E-state index contributed by atoms with van der Waals surface area (Å²) in [4.78, 5) is 45.7. The highest BCUT2D eigenvalue weighted by atomic mass is 19.1. The van der Waals surface area contributed by atoms with E-state index in [0.717, 1.165) is 16.7 Å². The first-order valence-electron chi connectivity index (χ1n) is 14.4. The van der Waals surface area contributed by atoms with Crippen LogP contribution < -0.4 is 15.6 Å². The Morgan fingerprint density at radius 2 is 1.74 bits per heavy atom. The number of carbonyl (C=O) groups excluding carboxylic acids is 3. The Hall–Kier alpha value is -4.64. The van der Waals surface area contributed by atoms with Crippen LogP contribution in [0.4, 0.5) is 14.9 Å². The average Bonchev–Trinajstić information content (AvgIpc) is 3.00. The van der Waals surface area contributed by atoms with E-state index in [1.165, 1.54) is 28.1 Å². The molecular formula is C32H37FN6O4. The van der Waals surface area contributed by atoms with Gasteiger partial charge in [0.15, 0.2) is 0 Å². The smallest absolute Gasteiger partial charge is 0.334 e. The van der Waals surface area contributed by atoms with E-state index in [9.17, 15) is 23.9 Å². The van der Waals surface area contributed by atoms with E-state index < -0.39 is 18.2 Å². The molecular weight excluding hydrogens is 551 g/mol. The number of nitrogens with one attached hydrogen (secondary N) is 2. The first kappa shape index (κ1) is 29.8. The van der Waals surface area contributed by atoms with E-state index in [2.05, 4.69) is 10.7 Å². The number of urea groups is 1. The third-order valence-electron chi connectivity index (χ3n) is 8.03. The summed E-state index contributed by atoms with van der Waals surface area (Å²) in [5.41, 5.74) is 5.77. The standard InChI is InChI=1S/C32H37FN6O4/c1-21(2)36(3)27-16-24(11-14-26(27)33)19-37-20-29-38(28(31(37)42)15-22-9-12-25(40)13-10-22)30(41)18-35-39(29)32(43)34-17-23-7-5-4-6-8-23/h4-14,16,21,28-29,35,40H,15,17-20H2,1-3H3,(H,34,43)/t28-,29?/m0/s1. The van der Waals surface area contributed by atoms with Gasteiger partial charge in [0, 0.05) is 32.6 Å². The molecule has 10 nitrogen and oxygen atoms in total. The Morgan fingerprint density at radius 1 is 1.05 bits per heavy atom. The second-order valence-electron chi connectivity index (χ2n) is 11.2. The molecule has 0 radical (unpaired) electrons. The topological polar surface area (TPSA) is 108 Å². The molecule has 2 atom stereocenters. The maximum absolute atomic E-state index is 14.7. The molecule has 226 valence electrons. The predicted molar refractivity (Wildman–Crippen MR) is 160 cm³/mol. The van der Waals surface area contributed by atoms with Crippen molar-refractivity contribution < 1.29 is 23.9 Å². The highest BCUT2D eigenvalue weighted by Crippen LogP contribution is 2.28. The van der Waals surface area contributed by atoms with Gasteiger partial charge in [-0.3, -0.25) is 9.59 Å². The van der Waals surface area contributed by atoms with Gasteiger partial charge in [-0.1, -0.05) is 48.5 Å². The Balaban J connectivity index is 1.45. The molecule has 5 rings (SSSR count). The average molecular weight is 589 g/mol. The molecule has 4 amide bonds. The van der Waals surface area contributed by atoms with Crippen LogP contribution in [-0.4, -0.2) is 76.1 Å². The number of hydrogen-bond acceptors (Lipinski definition) is 6. The second-order valence-corrected chi connectivity index (χ2v) is 11.2. The number of carbonyl (C=O) groups is 3. The van der Waals surface area contributed by atoms with Gasteiger partial charge in [-0.2, -0.15) is 0 Å². The Kier molecular flexibility index (Phi) is 8.81. The molecule has 0 saturated carbocycles. The summed E-state index contributed by atoms with van der Waals surface area (Å²) in [6.45, 7) is 4.31. The second kappa shape index (κ2) is 12.7. The summed E-state index contributed by atoms with van der Waals surface area (Å²) in [7, 11) is 1.82. The maximum atomic E-state index is 14.7. The van der Waals surface area contributed by atoms with Crippen molar-refractivity contribution in [3.8, 4) is 5.75 Å². The number of anilines is 1. The number of aromatic hydroxyl groups is 1. The first-order valence-corrected chi connectivity index (χ1v) is 14.4. The van der Waals surface area contributed by atoms with Crippen molar-refractivity contribution in [2.75, 3.05) is 25.0 Å². The normalized spacial score (nSPS) is 18.6. The molecule has 11 heteroatoms. The number of halogens is 1. The van der Waals surface area contributed by atoms with Crippen molar-refractivity contribution in [2.45, 2.75) is 51.6 Å². The lowest BCUT2D eigenvalue weighted by atomic mass is 9.98. The highest BCUT2D eigenvalue weighted by molar-refractivity contribution is 5.91. The molecule has 0 aliphatic carbocycles. The number of piperazine rings is 1. The van der Waals surface area contributed by atoms with E-state index >= 15 is 0 Å². The van der Waals surface area contributed by atoms with Crippen molar-refractivity contribution >= 4 is 23.5 Å². The number of benzene rings is 3. The monoisotopic (exact) mass is 588 g/mol. The third kappa shape index (κ3) is 6.56. The molecule has 0 spiro atoms. The van der Waals surface area contributed by atoms with Crippen LogP contribution in [-0.2, 0) is 29.1 Å². The molecule has 2 aliphatic heterocycles. The minimum Gasteiger partial charge on any atom is -0.508 e. The molecule has 43 heavy (non-hydrogen) atoms. The summed E-state index contributed by atoms with van der Waals surface area (Å²) >= 11 is 0. The van der Waals surface area contributed by atoms with E-state index in [4.69, 9.17) is 0 Å². The number of hydrogen-bond donors (Lipinski definition) is 3. The summed E-state index contributed by atoms with van der Waals surface area (Å²) < 4.78 is 14.7. The van der Waals surface area contributed by atoms with Gasteiger partial charge >= 0.3 is 6.03 Å². The van der Waals surface area contributed by atoms with Crippen molar-refractivity contribution in [3.63, 3.8) is 0 Å². The molecule has 3 aromatic carbocycles. The maximum Gasteiger partial charge on any atom is 0.334 e. The summed E-state index contributed by atoms with van der Waals surface area (Å²) in [5.74, 6) is -0.829. The number of phenols is 1. The van der Waals surface area contributed by atoms with Gasteiger partial charge in [-0.25, -0.2) is 19.6 Å². The SMILES string of the molecule is CC(C)N(C)c1cc(CN2CC3N(C(=O)NCc4ccccc4)NCC(=O)N3[C@@H](Cc3ccc(O)cc3)C2=O)ccc1F. The van der Waals surface area contributed by atoms with Gasteiger partial charge in [0.05, 0.1) is 18.8 Å². The van der Waals surface area contributed by atoms with Crippen LogP contribution in [0.25, 0.3) is 0 Å². The zero-order chi connectivity index (χ0) is 30.7. The van der Waals surface area contributed by atoms with Crippen molar-refractivity contribution in [2.24, 2.45) is 0 Å². The molecule has 2 fully saturated rings. The largest absolute Gasteiger partial charge is 0.508 e. The fourth-order valence-corrected chi connectivity index (χ4v) is 5.48. The summed E-state index contributed by atoms with van der Waals surface area (Å²) in [6.07, 6.45) is -0.586. The van der Waals surface area contributed by atoms with Crippen LogP contribution in [0.2, 0.25) is 0 Å². The predicted octanol–water partition coefficient (Wildman–Crippen LogP) is 3.21. The number of amides is 4. The Morgan fingerprint density at radius 3 is 2.44 bits per heavy atom. The van der Waals surface area contributed by atoms with Gasteiger partial charge in [0.25, 0.3) is 0 Å². The number of hydrazine groups is 1. The zero-order valence-corrected chi connectivity index (χ0v) is 24.5. The summed E-state index contributed by atoms with van der Waals surface area (Å²) in [6, 6.07) is 19.5. The van der Waals surface area contributed by atoms with Crippen molar-refractivity contribution in [3.05, 3.63) is 95.3 Å². The van der Waals surface area contributed by atoms with Crippen LogP contribution in [0.1, 0.15) is 30.5 Å². The van der Waals surface area contributed by atoms with Gasteiger partial charge in [-0.05, 0) is 54.8 Å². The van der Waals surface area contributed by atoms with Crippen LogP contribution >= 0.6 is 0 Å². The van der Waals surface area contributed by atoms with Crippen molar-refractivity contribution in [1.82, 2.24) is 25.6 Å². The third-order valence-corrected chi connectivity index (χ3v) is 8.03. The Bertz CT molecular complexity index is 1470. The minimum absolute atomic E-state index is 0.0619. The molecule has 0 bridgehead atoms. The first-order chi connectivity index (χ1) is 20.6. The van der Waals surface area contributed by atoms with Crippen LogP contribution in [0.15, 0.2) is 72.8 Å². The fraction of sp³-hybridized carbons (Fsp3) is 0.344.